The molecule has 0 aliphatic carbocycles. The first-order valence-electron chi connectivity index (χ1n) is 5.66. The smallest absolute Gasteiger partial charge is 0.170 e. The molecule has 2 unspecified atom stereocenters. The lowest BCUT2D eigenvalue weighted by Gasteiger charge is -2.24. The van der Waals surface area contributed by atoms with Gasteiger partial charge >= 0.3 is 0 Å². The zero-order valence-corrected chi connectivity index (χ0v) is 10.7. The minimum atomic E-state index is -0.282. The highest BCUT2D eigenvalue weighted by Gasteiger charge is 2.35. The Labute approximate surface area is 107 Å². The molecular weight excluding hydrogens is 256 g/mol. The fraction of sp³-hybridized carbons (Fsp3) is 0.600. The van der Waals surface area contributed by atoms with Crippen LogP contribution in [-0.2, 0) is 6.54 Å². The van der Waals surface area contributed by atoms with Crippen molar-refractivity contribution in [2.24, 2.45) is 4.99 Å². The van der Waals surface area contributed by atoms with Gasteiger partial charge in [0.15, 0.2) is 11.0 Å². The minimum Gasteiger partial charge on any atom is -0.390 e. The summed E-state index contributed by atoms with van der Waals surface area (Å²) in [6.07, 6.45) is 1.64. The van der Waals surface area contributed by atoms with Crippen LogP contribution in [-0.4, -0.2) is 50.1 Å². The van der Waals surface area contributed by atoms with Gasteiger partial charge in [0, 0.05) is 18.1 Å². The largest absolute Gasteiger partial charge is 0.390 e. The quantitative estimate of drug-likeness (QED) is 0.763. The van der Waals surface area contributed by atoms with Crippen molar-refractivity contribution in [1.29, 1.82) is 0 Å². The minimum absolute atomic E-state index is 0.282. The van der Waals surface area contributed by atoms with Crippen molar-refractivity contribution >= 4 is 35.7 Å². The molecule has 1 saturated heterocycles. The van der Waals surface area contributed by atoms with Gasteiger partial charge in [0.25, 0.3) is 0 Å². The molecular formula is C10H12N4OS2. The first kappa shape index (κ1) is 10.3. The van der Waals surface area contributed by atoms with Crippen LogP contribution >= 0.6 is 23.5 Å². The van der Waals surface area contributed by atoms with Gasteiger partial charge in [-0.25, -0.2) is 9.98 Å². The van der Waals surface area contributed by atoms with Crippen LogP contribution in [0.2, 0.25) is 0 Å². The summed E-state index contributed by atoms with van der Waals surface area (Å²) in [5, 5.41) is 11.1. The Bertz CT molecular complexity index is 501. The molecule has 1 fully saturated rings. The van der Waals surface area contributed by atoms with Crippen LogP contribution < -0.4 is 0 Å². The Morgan fingerprint density at radius 1 is 1.47 bits per heavy atom. The van der Waals surface area contributed by atoms with Gasteiger partial charge in [0.1, 0.15) is 11.1 Å². The van der Waals surface area contributed by atoms with Crippen molar-refractivity contribution in [1.82, 2.24) is 14.5 Å². The highest BCUT2D eigenvalue weighted by molar-refractivity contribution is 7.99. The number of aliphatic imine (C=N–C) groups is 1. The molecule has 4 rings (SSSR count). The molecule has 17 heavy (non-hydrogen) atoms. The molecule has 0 aromatic carbocycles. The number of hydrogen-bond donors (Lipinski definition) is 1. The van der Waals surface area contributed by atoms with Gasteiger partial charge in [0.2, 0.25) is 0 Å². The lowest BCUT2D eigenvalue weighted by molar-refractivity contribution is 0.171. The van der Waals surface area contributed by atoms with Gasteiger partial charge in [-0.2, -0.15) is 0 Å². The predicted octanol–water partition coefficient (Wildman–Crippen LogP) is 1.07. The average Bonchev–Trinajstić information content (AvgIpc) is 2.91. The Morgan fingerprint density at radius 2 is 2.41 bits per heavy atom. The van der Waals surface area contributed by atoms with Crippen molar-refractivity contribution in [3.8, 4) is 0 Å². The molecule has 7 heteroatoms. The Hall–Kier alpha value is -0.660. The van der Waals surface area contributed by atoms with E-state index in [1.165, 1.54) is 0 Å². The summed E-state index contributed by atoms with van der Waals surface area (Å²) in [7, 11) is 0. The third-order valence-electron chi connectivity index (χ3n) is 3.22. The molecule has 0 amide bonds. The third-order valence-corrected chi connectivity index (χ3v) is 5.57. The normalized spacial score (nSPS) is 30.1. The van der Waals surface area contributed by atoms with E-state index in [2.05, 4.69) is 14.5 Å². The van der Waals surface area contributed by atoms with Gasteiger partial charge < -0.3 is 14.6 Å². The van der Waals surface area contributed by atoms with E-state index in [0.717, 1.165) is 34.7 Å². The van der Waals surface area contributed by atoms with E-state index in [-0.39, 0.29) is 6.10 Å². The summed E-state index contributed by atoms with van der Waals surface area (Å²) in [6.45, 7) is 1.68. The van der Waals surface area contributed by atoms with Crippen molar-refractivity contribution in [3.05, 3.63) is 5.69 Å². The van der Waals surface area contributed by atoms with Gasteiger partial charge in [0.05, 0.1) is 19.0 Å². The van der Waals surface area contributed by atoms with Gasteiger partial charge in [-0.05, 0) is 0 Å². The Kier molecular flexibility index (Phi) is 2.22. The van der Waals surface area contributed by atoms with Gasteiger partial charge in [-0.3, -0.25) is 0 Å². The third kappa shape index (κ3) is 1.45. The van der Waals surface area contributed by atoms with E-state index in [1.54, 1.807) is 11.8 Å². The molecule has 1 N–H and O–H groups in total. The summed E-state index contributed by atoms with van der Waals surface area (Å²) >= 11 is 3.54. The summed E-state index contributed by atoms with van der Waals surface area (Å²) in [4.78, 5) is 11.5. The fourth-order valence-corrected chi connectivity index (χ4v) is 4.55. The number of nitrogens with zero attached hydrogens (tertiary/aromatic N) is 4. The number of imidazole rings is 1. The maximum atomic E-state index is 9.73. The van der Waals surface area contributed by atoms with Gasteiger partial charge in [-0.1, -0.05) is 11.8 Å². The number of fused-ring (bicyclic) bond motifs is 5. The van der Waals surface area contributed by atoms with E-state index >= 15 is 0 Å². The van der Waals surface area contributed by atoms with Crippen LogP contribution in [0.25, 0.3) is 0 Å². The highest BCUT2D eigenvalue weighted by atomic mass is 32.2. The summed E-state index contributed by atoms with van der Waals surface area (Å²) in [5.41, 5.74) is 1.08. The number of rotatable bonds is 0. The second-order valence-electron chi connectivity index (χ2n) is 4.38. The van der Waals surface area contributed by atoms with E-state index in [1.807, 2.05) is 18.1 Å². The molecule has 0 spiro atoms. The predicted molar refractivity (Wildman–Crippen MR) is 69.0 cm³/mol. The van der Waals surface area contributed by atoms with Crippen LogP contribution in [0.3, 0.4) is 0 Å². The Balaban J connectivity index is 1.83. The topological polar surface area (TPSA) is 53.7 Å². The van der Waals surface area contributed by atoms with Crippen molar-refractivity contribution < 1.29 is 5.11 Å². The number of hydrogen-bond acceptors (Lipinski definition) is 6. The zero-order valence-electron chi connectivity index (χ0n) is 9.11. The number of aliphatic hydroxyl groups excluding tert-OH is 1. The lowest BCUT2D eigenvalue weighted by atomic mass is 10.3. The molecule has 1 aromatic rings. The molecule has 90 valence electrons. The summed E-state index contributed by atoms with van der Waals surface area (Å²) < 4.78 is 2.06. The second-order valence-corrected chi connectivity index (χ2v) is 6.56. The van der Waals surface area contributed by atoms with E-state index < -0.39 is 0 Å². The molecule has 5 nitrogen and oxygen atoms in total. The standard InChI is InChI=1S/C10H12N4OS2/c15-6-3-14-8-7(12-10(14)17-4-6)9-13(5-11-8)1-2-16-9/h5-6,9,15H,1-4H2. The van der Waals surface area contributed by atoms with Crippen LogP contribution in [0, 0.1) is 0 Å². The van der Waals surface area contributed by atoms with Gasteiger partial charge in [-0.15, -0.1) is 11.8 Å². The monoisotopic (exact) mass is 268 g/mol. The maximum absolute atomic E-state index is 9.73. The second kappa shape index (κ2) is 3.66. The van der Waals surface area contributed by atoms with Crippen molar-refractivity contribution in [2.75, 3.05) is 18.1 Å². The fourth-order valence-electron chi connectivity index (χ4n) is 2.42. The molecule has 1 aromatic heterocycles. The average molecular weight is 268 g/mol. The van der Waals surface area contributed by atoms with Crippen LogP contribution in [0.4, 0.5) is 5.82 Å². The number of thioether (sulfide) groups is 2. The van der Waals surface area contributed by atoms with Crippen molar-refractivity contribution in [3.63, 3.8) is 0 Å². The SMILES string of the molecule is OC1CSc2nc3c(n2C1)N=CN1CCSC31. The number of aromatic nitrogens is 2. The van der Waals surface area contributed by atoms with Crippen molar-refractivity contribution in [2.45, 2.75) is 23.2 Å². The molecule has 0 radical (unpaired) electrons. The number of aliphatic hydroxyl groups is 1. The molecule has 3 aliphatic heterocycles. The zero-order chi connectivity index (χ0) is 11.4. The van der Waals surface area contributed by atoms with Crippen LogP contribution in [0.5, 0.6) is 0 Å². The van der Waals surface area contributed by atoms with E-state index in [9.17, 15) is 5.11 Å². The molecule has 4 heterocycles. The van der Waals surface area contributed by atoms with Crippen LogP contribution in [0.1, 0.15) is 11.1 Å². The molecule has 3 aliphatic rings. The van der Waals surface area contributed by atoms with Crippen LogP contribution in [0.15, 0.2) is 10.1 Å². The summed E-state index contributed by atoms with van der Waals surface area (Å²) in [6, 6.07) is 0. The molecule has 2 atom stereocenters. The molecule has 0 saturated carbocycles. The first-order chi connectivity index (χ1) is 8.33. The lowest BCUT2D eigenvalue weighted by Crippen LogP contribution is -2.25. The van der Waals surface area contributed by atoms with E-state index in [4.69, 9.17) is 4.98 Å². The highest BCUT2D eigenvalue weighted by Crippen LogP contribution is 2.45. The Morgan fingerprint density at radius 3 is 3.35 bits per heavy atom. The molecule has 0 bridgehead atoms. The van der Waals surface area contributed by atoms with E-state index in [0.29, 0.717) is 11.9 Å². The maximum Gasteiger partial charge on any atom is 0.170 e. The first-order valence-corrected chi connectivity index (χ1v) is 7.69. The summed E-state index contributed by atoms with van der Waals surface area (Å²) in [5.74, 6) is 2.82.